The molecule has 1 aliphatic heterocycles. The molecule has 168 valence electrons. The summed E-state index contributed by atoms with van der Waals surface area (Å²) < 4.78 is 11.0. The second-order valence-corrected chi connectivity index (χ2v) is 8.55. The first-order chi connectivity index (χ1) is 16.0. The van der Waals surface area contributed by atoms with Crippen LogP contribution in [-0.4, -0.2) is 35.2 Å². The number of carbonyl (C=O) groups is 3. The Hall–Kier alpha value is -3.29. The zero-order valence-electron chi connectivity index (χ0n) is 17.7. The topological polar surface area (TPSA) is 72.9 Å². The van der Waals surface area contributed by atoms with Gasteiger partial charge in [0.25, 0.3) is 11.1 Å². The van der Waals surface area contributed by atoms with E-state index >= 15 is 0 Å². The van der Waals surface area contributed by atoms with E-state index in [-0.39, 0.29) is 18.1 Å². The molecule has 0 aromatic heterocycles. The molecule has 0 unspecified atom stereocenters. The Labute approximate surface area is 200 Å². The number of benzene rings is 3. The quantitative estimate of drug-likeness (QED) is 0.319. The minimum Gasteiger partial charge on any atom is -0.488 e. The number of hydrogen-bond donors (Lipinski definition) is 0. The molecule has 8 heteroatoms. The molecule has 1 fully saturated rings. The smallest absolute Gasteiger partial charge is 0.326 e. The number of imide groups is 1. The lowest BCUT2D eigenvalue weighted by molar-refractivity contribution is -0.145. The average molecular weight is 482 g/mol. The molecule has 2 amide bonds. The van der Waals surface area contributed by atoms with Gasteiger partial charge in [-0.1, -0.05) is 60.1 Å². The van der Waals surface area contributed by atoms with Crippen LogP contribution in [0.2, 0.25) is 5.02 Å². The molecule has 0 aliphatic carbocycles. The number of rotatable bonds is 7. The van der Waals surface area contributed by atoms with Crippen LogP contribution in [0, 0.1) is 0 Å². The predicted octanol–water partition coefficient (Wildman–Crippen LogP) is 5.67. The number of nitrogens with zero attached hydrogens (tertiary/aromatic N) is 1. The largest absolute Gasteiger partial charge is 0.488 e. The molecule has 3 aromatic carbocycles. The van der Waals surface area contributed by atoms with Gasteiger partial charge in [0.05, 0.1) is 11.5 Å². The molecular weight excluding hydrogens is 462 g/mol. The van der Waals surface area contributed by atoms with E-state index in [0.29, 0.717) is 16.3 Å². The molecule has 0 bridgehead atoms. The fourth-order valence-corrected chi connectivity index (χ4v) is 4.43. The first-order valence-electron chi connectivity index (χ1n) is 10.3. The molecule has 1 heterocycles. The number of carbonyl (C=O) groups excluding carboxylic acids is 3. The highest BCUT2D eigenvalue weighted by atomic mass is 35.5. The van der Waals surface area contributed by atoms with Gasteiger partial charge in [-0.2, -0.15) is 0 Å². The van der Waals surface area contributed by atoms with Crippen molar-refractivity contribution in [3.05, 3.63) is 81.7 Å². The van der Waals surface area contributed by atoms with Crippen molar-refractivity contribution < 1.29 is 23.9 Å². The van der Waals surface area contributed by atoms with Crippen molar-refractivity contribution in [2.24, 2.45) is 0 Å². The Bertz CT molecular complexity index is 1270. The van der Waals surface area contributed by atoms with E-state index in [4.69, 9.17) is 21.1 Å². The second kappa shape index (κ2) is 10.1. The van der Waals surface area contributed by atoms with Crippen LogP contribution in [0.25, 0.3) is 16.8 Å². The highest BCUT2D eigenvalue weighted by Crippen LogP contribution is 2.37. The van der Waals surface area contributed by atoms with E-state index in [0.717, 1.165) is 33.0 Å². The second-order valence-electron chi connectivity index (χ2n) is 7.15. The fraction of sp³-hybridized carbons (Fsp3) is 0.160. The molecule has 6 nitrogen and oxygen atoms in total. The molecule has 0 atom stereocenters. The van der Waals surface area contributed by atoms with Crippen LogP contribution < -0.4 is 4.74 Å². The van der Waals surface area contributed by atoms with Gasteiger partial charge in [-0.05, 0) is 47.7 Å². The van der Waals surface area contributed by atoms with E-state index < -0.39 is 23.7 Å². The summed E-state index contributed by atoms with van der Waals surface area (Å²) in [6, 6.07) is 18.8. The highest BCUT2D eigenvalue weighted by molar-refractivity contribution is 8.18. The first-order valence-corrected chi connectivity index (χ1v) is 11.5. The van der Waals surface area contributed by atoms with Gasteiger partial charge in [-0.25, -0.2) is 0 Å². The van der Waals surface area contributed by atoms with Crippen LogP contribution in [0.15, 0.2) is 65.6 Å². The number of thioether (sulfide) groups is 1. The van der Waals surface area contributed by atoms with E-state index in [1.54, 1.807) is 19.1 Å². The Morgan fingerprint density at radius 2 is 1.82 bits per heavy atom. The van der Waals surface area contributed by atoms with Crippen LogP contribution in [0.1, 0.15) is 18.1 Å². The number of fused-ring (bicyclic) bond motifs is 1. The lowest BCUT2D eigenvalue weighted by Crippen LogP contribution is -2.34. The number of amides is 2. The molecule has 33 heavy (non-hydrogen) atoms. The lowest BCUT2D eigenvalue weighted by atomic mass is 10.0. The van der Waals surface area contributed by atoms with E-state index in [1.165, 1.54) is 0 Å². The summed E-state index contributed by atoms with van der Waals surface area (Å²) in [5.74, 6) is -0.621. The van der Waals surface area contributed by atoms with Crippen molar-refractivity contribution >= 4 is 57.3 Å². The summed E-state index contributed by atoms with van der Waals surface area (Å²) in [5, 5.41) is 1.91. The first kappa shape index (κ1) is 22.9. The zero-order valence-corrected chi connectivity index (χ0v) is 19.3. The van der Waals surface area contributed by atoms with Crippen LogP contribution in [-0.2, 0) is 20.9 Å². The maximum absolute atomic E-state index is 12.9. The number of ether oxygens (including phenoxy) is 2. The van der Waals surface area contributed by atoms with E-state index in [9.17, 15) is 14.4 Å². The van der Waals surface area contributed by atoms with Crippen LogP contribution in [0.4, 0.5) is 4.79 Å². The van der Waals surface area contributed by atoms with E-state index in [1.807, 2.05) is 54.6 Å². The van der Waals surface area contributed by atoms with Crippen molar-refractivity contribution in [1.82, 2.24) is 4.90 Å². The summed E-state index contributed by atoms with van der Waals surface area (Å²) in [6.07, 6.45) is 1.64. The van der Waals surface area contributed by atoms with Gasteiger partial charge < -0.3 is 9.47 Å². The number of esters is 1. The highest BCUT2D eigenvalue weighted by Gasteiger charge is 2.37. The monoisotopic (exact) mass is 481 g/mol. The molecule has 3 aromatic rings. The van der Waals surface area contributed by atoms with Crippen molar-refractivity contribution in [3.63, 3.8) is 0 Å². The predicted molar refractivity (Wildman–Crippen MR) is 129 cm³/mol. The Balaban J connectivity index is 1.68. The van der Waals surface area contributed by atoms with E-state index in [2.05, 4.69) is 0 Å². The van der Waals surface area contributed by atoms with Crippen molar-refractivity contribution in [2.75, 3.05) is 13.2 Å². The molecule has 0 spiro atoms. The molecular formula is C25H20ClNO5S. The SMILES string of the molecule is CCOC(=O)CN1C(=O)SC(=Cc2c(OCc3ccccc3Cl)ccc3ccccc23)C1=O. The summed E-state index contributed by atoms with van der Waals surface area (Å²) >= 11 is 7.04. The number of halogens is 1. The van der Waals surface area contributed by atoms with Crippen LogP contribution in [0.3, 0.4) is 0 Å². The van der Waals surface area contributed by atoms with Crippen molar-refractivity contribution in [3.8, 4) is 5.75 Å². The third-order valence-electron chi connectivity index (χ3n) is 5.01. The van der Waals surface area contributed by atoms with Gasteiger partial charge in [0.15, 0.2) is 0 Å². The van der Waals surface area contributed by atoms with Gasteiger partial charge in [0, 0.05) is 16.1 Å². The Morgan fingerprint density at radius 1 is 1.06 bits per heavy atom. The minimum absolute atomic E-state index is 0.174. The average Bonchev–Trinajstić information content (AvgIpc) is 3.07. The molecule has 1 saturated heterocycles. The molecule has 1 aliphatic rings. The maximum Gasteiger partial charge on any atom is 0.326 e. The summed E-state index contributed by atoms with van der Waals surface area (Å²) in [4.78, 5) is 38.2. The summed E-state index contributed by atoms with van der Waals surface area (Å²) in [5.41, 5.74) is 1.50. The zero-order chi connectivity index (χ0) is 23.4. The summed E-state index contributed by atoms with van der Waals surface area (Å²) in [7, 11) is 0. The molecule has 4 rings (SSSR count). The van der Waals surface area contributed by atoms with Gasteiger partial charge in [-0.3, -0.25) is 19.3 Å². The molecule has 0 radical (unpaired) electrons. The van der Waals surface area contributed by atoms with Gasteiger partial charge in [-0.15, -0.1) is 0 Å². The van der Waals surface area contributed by atoms with Crippen molar-refractivity contribution in [1.29, 1.82) is 0 Å². The third-order valence-corrected chi connectivity index (χ3v) is 6.29. The van der Waals surface area contributed by atoms with Gasteiger partial charge in [0.2, 0.25) is 0 Å². The third kappa shape index (κ3) is 5.05. The fourth-order valence-electron chi connectivity index (χ4n) is 3.42. The Kier molecular flexibility index (Phi) is 7.01. The maximum atomic E-state index is 12.9. The summed E-state index contributed by atoms with van der Waals surface area (Å²) in [6.45, 7) is 1.66. The minimum atomic E-state index is -0.630. The lowest BCUT2D eigenvalue weighted by Gasteiger charge is -2.13. The van der Waals surface area contributed by atoms with Crippen molar-refractivity contribution in [2.45, 2.75) is 13.5 Å². The number of hydrogen-bond acceptors (Lipinski definition) is 6. The van der Waals surface area contributed by atoms with Gasteiger partial charge >= 0.3 is 5.97 Å². The molecule has 0 saturated carbocycles. The van der Waals surface area contributed by atoms with Crippen LogP contribution in [0.5, 0.6) is 5.75 Å². The molecule has 0 N–H and O–H groups in total. The van der Waals surface area contributed by atoms with Crippen LogP contribution >= 0.6 is 23.4 Å². The standard InChI is InChI=1S/C25H20ClNO5S/c1-2-31-23(28)14-27-24(29)22(33-25(27)30)13-19-18-9-5-3-7-16(18)11-12-21(19)32-15-17-8-4-6-10-20(17)26/h3-13H,2,14-15H2,1H3. The Morgan fingerprint density at radius 3 is 2.61 bits per heavy atom. The van der Waals surface area contributed by atoms with Gasteiger partial charge in [0.1, 0.15) is 18.9 Å². The normalized spacial score (nSPS) is 14.8.